The first kappa shape index (κ1) is 21.3. The predicted molar refractivity (Wildman–Crippen MR) is 109 cm³/mol. The van der Waals surface area contributed by atoms with Gasteiger partial charge in [-0.1, -0.05) is 44.2 Å². The smallest absolute Gasteiger partial charge is 0.328 e. The van der Waals surface area contributed by atoms with Crippen LogP contribution >= 0.6 is 0 Å². The Balaban J connectivity index is 2.17. The second-order valence-electron chi connectivity index (χ2n) is 6.94. The van der Waals surface area contributed by atoms with Gasteiger partial charge >= 0.3 is 5.97 Å². The van der Waals surface area contributed by atoms with E-state index in [1.807, 2.05) is 44.2 Å². The first-order valence-corrected chi connectivity index (χ1v) is 9.44. The van der Waals surface area contributed by atoms with Gasteiger partial charge in [-0.2, -0.15) is 0 Å². The Morgan fingerprint density at radius 1 is 1.11 bits per heavy atom. The molecule has 0 bridgehead atoms. The second-order valence-corrected chi connectivity index (χ2v) is 6.94. The van der Waals surface area contributed by atoms with Crippen molar-refractivity contribution in [3.05, 3.63) is 59.7 Å². The van der Waals surface area contributed by atoms with Gasteiger partial charge in [0.2, 0.25) is 0 Å². The molecule has 0 aliphatic rings. The molecule has 0 saturated heterocycles. The zero-order valence-electron chi connectivity index (χ0n) is 16.6. The molecule has 150 valence electrons. The van der Waals surface area contributed by atoms with E-state index >= 15 is 0 Å². The van der Waals surface area contributed by atoms with Crippen LogP contribution in [-0.2, 0) is 16.1 Å². The van der Waals surface area contributed by atoms with Gasteiger partial charge in [0.15, 0.2) is 0 Å². The summed E-state index contributed by atoms with van der Waals surface area (Å²) in [6, 6.07) is 13.8. The molecule has 0 aliphatic carbocycles. The summed E-state index contributed by atoms with van der Waals surface area (Å²) in [7, 11) is 0. The van der Waals surface area contributed by atoms with Gasteiger partial charge in [-0.3, -0.25) is 4.79 Å². The van der Waals surface area contributed by atoms with Crippen LogP contribution in [-0.4, -0.2) is 24.5 Å². The van der Waals surface area contributed by atoms with Gasteiger partial charge in [-0.05, 0) is 37.0 Å². The number of carbonyl (C=O) groups excluding carboxylic acids is 2. The molecule has 6 heteroatoms. The molecule has 1 atom stereocenters. The van der Waals surface area contributed by atoms with E-state index in [0.717, 1.165) is 5.56 Å². The molecule has 3 N–H and O–H groups in total. The lowest BCUT2D eigenvalue weighted by Gasteiger charge is -2.20. The summed E-state index contributed by atoms with van der Waals surface area (Å²) in [6.07, 6.45) is 0.486. The van der Waals surface area contributed by atoms with Gasteiger partial charge in [0.25, 0.3) is 5.91 Å². The van der Waals surface area contributed by atoms with Crippen molar-refractivity contribution in [3.63, 3.8) is 0 Å². The number of amides is 1. The highest BCUT2D eigenvalue weighted by atomic mass is 16.5. The molecule has 0 aromatic heterocycles. The number of esters is 1. The Morgan fingerprint density at radius 2 is 1.82 bits per heavy atom. The zero-order valence-corrected chi connectivity index (χ0v) is 16.6. The average Bonchev–Trinajstić information content (AvgIpc) is 2.66. The number of hydrogen-bond acceptors (Lipinski definition) is 5. The van der Waals surface area contributed by atoms with E-state index in [9.17, 15) is 9.59 Å². The van der Waals surface area contributed by atoms with Crippen LogP contribution in [0.2, 0.25) is 0 Å². The Bertz CT molecular complexity index is 790. The molecule has 0 radical (unpaired) electrons. The van der Waals surface area contributed by atoms with Gasteiger partial charge in [0, 0.05) is 11.8 Å². The Hall–Kier alpha value is -3.02. The molecule has 0 spiro atoms. The highest BCUT2D eigenvalue weighted by Crippen LogP contribution is 2.23. The summed E-state index contributed by atoms with van der Waals surface area (Å²) in [5.74, 6) is -0.253. The summed E-state index contributed by atoms with van der Waals surface area (Å²) >= 11 is 0. The molecule has 0 unspecified atom stereocenters. The molecule has 1 amide bonds. The van der Waals surface area contributed by atoms with Gasteiger partial charge in [0.1, 0.15) is 18.4 Å². The van der Waals surface area contributed by atoms with Crippen molar-refractivity contribution in [1.82, 2.24) is 5.32 Å². The Labute approximate surface area is 166 Å². The number of rotatable bonds is 9. The fourth-order valence-corrected chi connectivity index (χ4v) is 2.75. The summed E-state index contributed by atoms with van der Waals surface area (Å²) < 4.78 is 10.9. The highest BCUT2D eigenvalue weighted by molar-refractivity contribution is 5.99. The lowest BCUT2D eigenvalue weighted by atomic mass is 10.0. The van der Waals surface area contributed by atoms with Crippen LogP contribution in [0.25, 0.3) is 0 Å². The van der Waals surface area contributed by atoms with Crippen molar-refractivity contribution < 1.29 is 19.1 Å². The molecule has 0 saturated carbocycles. The first-order valence-electron chi connectivity index (χ1n) is 9.44. The number of anilines is 1. The van der Waals surface area contributed by atoms with E-state index in [1.54, 1.807) is 25.1 Å². The number of ether oxygens (including phenoxy) is 2. The fourth-order valence-electron chi connectivity index (χ4n) is 2.75. The van der Waals surface area contributed by atoms with Gasteiger partial charge in [-0.25, -0.2) is 4.79 Å². The molecule has 28 heavy (non-hydrogen) atoms. The van der Waals surface area contributed by atoms with Crippen molar-refractivity contribution in [2.75, 3.05) is 12.3 Å². The van der Waals surface area contributed by atoms with Crippen molar-refractivity contribution in [2.24, 2.45) is 5.92 Å². The van der Waals surface area contributed by atoms with Crippen molar-refractivity contribution in [1.29, 1.82) is 0 Å². The van der Waals surface area contributed by atoms with E-state index < -0.39 is 17.9 Å². The van der Waals surface area contributed by atoms with E-state index in [1.165, 1.54) is 0 Å². The summed E-state index contributed by atoms with van der Waals surface area (Å²) in [5, 5.41) is 2.77. The normalized spacial score (nSPS) is 11.7. The maximum absolute atomic E-state index is 12.8. The predicted octanol–water partition coefficient (Wildman–Crippen LogP) is 3.56. The van der Waals surface area contributed by atoms with Crippen LogP contribution in [0.3, 0.4) is 0 Å². The molecule has 2 aromatic rings. The monoisotopic (exact) mass is 384 g/mol. The van der Waals surface area contributed by atoms with Gasteiger partial charge in [0.05, 0.1) is 12.2 Å². The molecule has 2 rings (SSSR count). The molecule has 0 heterocycles. The summed E-state index contributed by atoms with van der Waals surface area (Å²) in [5.41, 5.74) is 7.65. The van der Waals surface area contributed by atoms with Crippen LogP contribution in [0.1, 0.15) is 43.1 Å². The SMILES string of the molecule is CCOC(=O)[C@H](CC(C)C)NC(=O)c1ccc(N)cc1OCc1ccccc1. The lowest BCUT2D eigenvalue weighted by Crippen LogP contribution is -2.42. The highest BCUT2D eigenvalue weighted by Gasteiger charge is 2.25. The maximum Gasteiger partial charge on any atom is 0.328 e. The minimum atomic E-state index is -0.716. The minimum Gasteiger partial charge on any atom is -0.488 e. The van der Waals surface area contributed by atoms with Crippen LogP contribution in [0.4, 0.5) is 5.69 Å². The Kier molecular flexibility index (Phi) is 7.87. The van der Waals surface area contributed by atoms with Crippen molar-refractivity contribution in [3.8, 4) is 5.75 Å². The molecular formula is C22H28N2O4. The number of hydrogen-bond donors (Lipinski definition) is 2. The van der Waals surface area contributed by atoms with Crippen LogP contribution in [0.5, 0.6) is 5.75 Å². The van der Waals surface area contributed by atoms with E-state index in [-0.39, 0.29) is 12.5 Å². The lowest BCUT2D eigenvalue weighted by molar-refractivity contribution is -0.145. The largest absolute Gasteiger partial charge is 0.488 e. The third-order valence-electron chi connectivity index (χ3n) is 4.07. The topological polar surface area (TPSA) is 90.7 Å². The van der Waals surface area contributed by atoms with Crippen LogP contribution in [0, 0.1) is 5.92 Å². The quantitative estimate of drug-likeness (QED) is 0.510. The molecular weight excluding hydrogens is 356 g/mol. The number of nitrogens with one attached hydrogen (secondary N) is 1. The number of nitrogen functional groups attached to an aromatic ring is 1. The molecule has 0 aliphatic heterocycles. The van der Waals surface area contributed by atoms with Crippen LogP contribution in [0.15, 0.2) is 48.5 Å². The number of benzene rings is 2. The zero-order chi connectivity index (χ0) is 20.5. The molecule has 6 nitrogen and oxygen atoms in total. The first-order chi connectivity index (χ1) is 13.4. The summed E-state index contributed by atoms with van der Waals surface area (Å²) in [4.78, 5) is 25.1. The maximum atomic E-state index is 12.8. The fraction of sp³-hybridized carbons (Fsp3) is 0.364. The van der Waals surface area contributed by atoms with Crippen molar-refractivity contribution in [2.45, 2.75) is 39.8 Å². The standard InChI is InChI=1S/C22H28N2O4/c1-4-27-22(26)19(12-15(2)3)24-21(25)18-11-10-17(23)13-20(18)28-14-16-8-6-5-7-9-16/h5-11,13,15,19H,4,12,14,23H2,1-3H3,(H,24,25)/t19-/m0/s1. The number of carbonyl (C=O) groups is 2. The third-order valence-corrected chi connectivity index (χ3v) is 4.07. The van der Waals surface area contributed by atoms with Gasteiger partial charge < -0.3 is 20.5 Å². The molecule has 0 fully saturated rings. The molecule has 2 aromatic carbocycles. The second kappa shape index (κ2) is 10.3. The average molecular weight is 384 g/mol. The third kappa shape index (κ3) is 6.30. The van der Waals surface area contributed by atoms with E-state index in [2.05, 4.69) is 5.32 Å². The van der Waals surface area contributed by atoms with Crippen LogP contribution < -0.4 is 15.8 Å². The van der Waals surface area contributed by atoms with Gasteiger partial charge in [-0.15, -0.1) is 0 Å². The minimum absolute atomic E-state index is 0.218. The number of nitrogens with two attached hydrogens (primary N) is 1. The Morgan fingerprint density at radius 3 is 2.46 bits per heavy atom. The van der Waals surface area contributed by atoms with Crippen molar-refractivity contribution >= 4 is 17.6 Å². The summed E-state index contributed by atoms with van der Waals surface area (Å²) in [6.45, 7) is 6.27. The van der Waals surface area contributed by atoms with E-state index in [0.29, 0.717) is 30.0 Å². The van der Waals surface area contributed by atoms with E-state index in [4.69, 9.17) is 15.2 Å².